The molecule has 2 N–H and O–H groups in total. The van der Waals surface area contributed by atoms with Gasteiger partial charge in [-0.25, -0.2) is 4.98 Å². The normalized spacial score (nSPS) is 25.6. The van der Waals surface area contributed by atoms with Crippen LogP contribution in [0.1, 0.15) is 19.8 Å². The first-order valence-electron chi connectivity index (χ1n) is 4.66. The van der Waals surface area contributed by atoms with Gasteiger partial charge in [-0.1, -0.05) is 6.92 Å². The number of rotatable bonds is 2. The molecule has 1 aliphatic carbocycles. The van der Waals surface area contributed by atoms with Crippen molar-refractivity contribution in [3.8, 4) is 0 Å². The second-order valence-corrected chi connectivity index (χ2v) is 4.61. The molecule has 14 heavy (non-hydrogen) atoms. The molecule has 1 heterocycles. The second kappa shape index (κ2) is 3.73. The summed E-state index contributed by atoms with van der Waals surface area (Å²) in [5, 5.41) is 3.24. The Bertz CT molecular complexity index is 384. The largest absolute Gasteiger partial charge is 0.366 e. The minimum Gasteiger partial charge on any atom is -0.366 e. The number of aromatic nitrogens is 2. The number of nitrogens with zero attached hydrogens (tertiary/aromatic N) is 1. The summed E-state index contributed by atoms with van der Waals surface area (Å²) >= 11 is 3.21. The van der Waals surface area contributed by atoms with Gasteiger partial charge in [-0.05, 0) is 34.7 Å². The lowest BCUT2D eigenvalue weighted by molar-refractivity contribution is 0.308. The predicted molar refractivity (Wildman–Crippen MR) is 58.4 cm³/mol. The molecule has 0 atom stereocenters. The van der Waals surface area contributed by atoms with E-state index in [1.807, 2.05) is 0 Å². The van der Waals surface area contributed by atoms with Crippen LogP contribution >= 0.6 is 15.9 Å². The standard InChI is InChI=1S/C9H12BrN3O/c1-5-2-6(3-5)13-8-7(10)9(14)12-4-11-8/h4-6H,2-3H2,1H3,(H2,11,12,13,14). The van der Waals surface area contributed by atoms with E-state index in [1.165, 1.54) is 6.33 Å². The van der Waals surface area contributed by atoms with Crippen LogP contribution in [0.15, 0.2) is 15.6 Å². The van der Waals surface area contributed by atoms with Gasteiger partial charge >= 0.3 is 0 Å². The van der Waals surface area contributed by atoms with Crippen LogP contribution < -0.4 is 10.9 Å². The Labute approximate surface area is 90.3 Å². The number of H-pyrrole nitrogens is 1. The first-order chi connectivity index (χ1) is 6.66. The highest BCUT2D eigenvalue weighted by molar-refractivity contribution is 9.10. The highest BCUT2D eigenvalue weighted by Gasteiger charge is 2.25. The van der Waals surface area contributed by atoms with E-state index in [4.69, 9.17) is 0 Å². The lowest BCUT2D eigenvalue weighted by atomic mass is 9.82. The zero-order chi connectivity index (χ0) is 10.1. The van der Waals surface area contributed by atoms with Crippen molar-refractivity contribution in [3.05, 3.63) is 21.2 Å². The Morgan fingerprint density at radius 3 is 3.00 bits per heavy atom. The number of aromatic amines is 1. The average molecular weight is 258 g/mol. The zero-order valence-corrected chi connectivity index (χ0v) is 9.47. The zero-order valence-electron chi connectivity index (χ0n) is 7.88. The van der Waals surface area contributed by atoms with Gasteiger partial charge in [0, 0.05) is 6.04 Å². The maximum atomic E-state index is 11.2. The highest BCUT2D eigenvalue weighted by Crippen LogP contribution is 2.29. The van der Waals surface area contributed by atoms with Gasteiger partial charge in [-0.15, -0.1) is 0 Å². The predicted octanol–water partition coefficient (Wildman–Crippen LogP) is 1.74. The Balaban J connectivity index is 2.10. The fourth-order valence-corrected chi connectivity index (χ4v) is 2.03. The van der Waals surface area contributed by atoms with Crippen molar-refractivity contribution in [3.63, 3.8) is 0 Å². The quantitative estimate of drug-likeness (QED) is 0.849. The van der Waals surface area contributed by atoms with Gasteiger partial charge in [0.25, 0.3) is 5.56 Å². The van der Waals surface area contributed by atoms with Gasteiger partial charge in [0.05, 0.1) is 6.33 Å². The molecule has 0 bridgehead atoms. The van der Waals surface area contributed by atoms with E-state index in [0.29, 0.717) is 16.3 Å². The van der Waals surface area contributed by atoms with E-state index in [9.17, 15) is 4.79 Å². The Kier molecular flexibility index (Phi) is 2.58. The molecule has 76 valence electrons. The van der Waals surface area contributed by atoms with Crippen molar-refractivity contribution in [2.45, 2.75) is 25.8 Å². The average Bonchev–Trinajstić information content (AvgIpc) is 2.10. The first kappa shape index (κ1) is 9.71. The number of nitrogens with one attached hydrogen (secondary N) is 2. The molecule has 1 saturated carbocycles. The third-order valence-electron chi connectivity index (χ3n) is 2.51. The first-order valence-corrected chi connectivity index (χ1v) is 5.46. The summed E-state index contributed by atoms with van der Waals surface area (Å²) in [4.78, 5) is 17.8. The molecule has 2 rings (SSSR count). The molecule has 0 radical (unpaired) electrons. The van der Waals surface area contributed by atoms with Crippen LogP contribution in [0.3, 0.4) is 0 Å². The molecular weight excluding hydrogens is 246 g/mol. The SMILES string of the molecule is CC1CC(Nc2nc[nH]c(=O)c2Br)C1. The fraction of sp³-hybridized carbons (Fsp3) is 0.556. The summed E-state index contributed by atoms with van der Waals surface area (Å²) in [6.07, 6.45) is 3.72. The summed E-state index contributed by atoms with van der Waals surface area (Å²) in [6.45, 7) is 2.22. The fourth-order valence-electron chi connectivity index (χ4n) is 1.70. The molecule has 4 nitrogen and oxygen atoms in total. The van der Waals surface area contributed by atoms with E-state index in [-0.39, 0.29) is 5.56 Å². The lowest BCUT2D eigenvalue weighted by Crippen LogP contribution is -2.34. The van der Waals surface area contributed by atoms with Crippen molar-refractivity contribution in [2.75, 3.05) is 5.32 Å². The van der Waals surface area contributed by atoms with Gasteiger partial charge in [-0.2, -0.15) is 0 Å². The van der Waals surface area contributed by atoms with Crippen molar-refractivity contribution < 1.29 is 0 Å². The number of hydrogen-bond acceptors (Lipinski definition) is 3. The van der Waals surface area contributed by atoms with Crippen LogP contribution in [0.4, 0.5) is 5.82 Å². The van der Waals surface area contributed by atoms with E-state index >= 15 is 0 Å². The lowest BCUT2D eigenvalue weighted by Gasteiger charge is -2.33. The molecule has 5 heteroatoms. The third-order valence-corrected chi connectivity index (χ3v) is 3.25. The van der Waals surface area contributed by atoms with Crippen molar-refractivity contribution >= 4 is 21.7 Å². The van der Waals surface area contributed by atoms with Crippen LogP contribution in [-0.4, -0.2) is 16.0 Å². The molecule has 0 amide bonds. The summed E-state index contributed by atoms with van der Waals surface area (Å²) in [5.41, 5.74) is -0.144. The van der Waals surface area contributed by atoms with Crippen LogP contribution in [0.2, 0.25) is 0 Å². The molecule has 0 aliphatic heterocycles. The van der Waals surface area contributed by atoms with Gasteiger partial charge in [-0.3, -0.25) is 4.79 Å². The van der Waals surface area contributed by atoms with E-state index in [1.54, 1.807) is 0 Å². The van der Waals surface area contributed by atoms with E-state index < -0.39 is 0 Å². The second-order valence-electron chi connectivity index (χ2n) is 3.81. The minimum absolute atomic E-state index is 0.144. The molecule has 0 unspecified atom stereocenters. The van der Waals surface area contributed by atoms with Gasteiger partial charge in [0.1, 0.15) is 10.3 Å². The molecule has 1 aliphatic rings. The Morgan fingerprint density at radius 2 is 2.36 bits per heavy atom. The van der Waals surface area contributed by atoms with E-state index in [0.717, 1.165) is 18.8 Å². The maximum Gasteiger partial charge on any atom is 0.267 e. The van der Waals surface area contributed by atoms with Crippen molar-refractivity contribution in [2.24, 2.45) is 5.92 Å². The third kappa shape index (κ3) is 1.82. The summed E-state index contributed by atoms with van der Waals surface area (Å²) in [6, 6.07) is 0.468. The van der Waals surface area contributed by atoms with Gasteiger partial charge < -0.3 is 10.3 Å². The molecule has 1 aromatic heterocycles. The smallest absolute Gasteiger partial charge is 0.267 e. The molecule has 0 spiro atoms. The van der Waals surface area contributed by atoms with Crippen molar-refractivity contribution in [1.29, 1.82) is 0 Å². The van der Waals surface area contributed by atoms with E-state index in [2.05, 4.69) is 38.1 Å². The monoisotopic (exact) mass is 257 g/mol. The molecule has 1 fully saturated rings. The summed E-state index contributed by atoms with van der Waals surface area (Å²) in [5.74, 6) is 1.43. The number of halogens is 1. The van der Waals surface area contributed by atoms with Crippen molar-refractivity contribution in [1.82, 2.24) is 9.97 Å². The molecule has 0 saturated heterocycles. The number of hydrogen-bond donors (Lipinski definition) is 2. The van der Waals surface area contributed by atoms with Crippen LogP contribution in [0.25, 0.3) is 0 Å². The molecular formula is C9H12BrN3O. The minimum atomic E-state index is -0.144. The van der Waals surface area contributed by atoms with Crippen LogP contribution in [0.5, 0.6) is 0 Å². The summed E-state index contributed by atoms with van der Waals surface area (Å²) < 4.78 is 0.486. The van der Waals surface area contributed by atoms with Crippen LogP contribution in [-0.2, 0) is 0 Å². The Morgan fingerprint density at radius 1 is 1.64 bits per heavy atom. The Hall–Kier alpha value is -0.840. The van der Waals surface area contributed by atoms with Gasteiger partial charge in [0.15, 0.2) is 0 Å². The molecule has 1 aromatic rings. The highest BCUT2D eigenvalue weighted by atomic mass is 79.9. The maximum absolute atomic E-state index is 11.2. The van der Waals surface area contributed by atoms with Crippen LogP contribution in [0, 0.1) is 5.92 Å². The topological polar surface area (TPSA) is 57.8 Å². The van der Waals surface area contributed by atoms with Gasteiger partial charge in [0.2, 0.25) is 0 Å². The summed E-state index contributed by atoms with van der Waals surface area (Å²) in [7, 11) is 0. The number of anilines is 1. The molecule has 0 aromatic carbocycles.